The van der Waals surface area contributed by atoms with Crippen molar-refractivity contribution in [3.8, 4) is 0 Å². The molecule has 1 aromatic heterocycles. The third kappa shape index (κ3) is 4.14. The molecular weight excluding hydrogens is 298 g/mol. The van der Waals surface area contributed by atoms with Gasteiger partial charge in [-0.15, -0.1) is 11.8 Å². The first-order chi connectivity index (χ1) is 9.20. The first-order valence-electron chi connectivity index (χ1n) is 5.74. The largest absolute Gasteiger partial charge is 0.386 e. The lowest BCUT2D eigenvalue weighted by Gasteiger charge is -2.20. The van der Waals surface area contributed by atoms with Gasteiger partial charge in [0.25, 0.3) is 0 Å². The number of pyridine rings is 1. The Hall–Kier alpha value is -0.680. The van der Waals surface area contributed by atoms with E-state index in [0.717, 1.165) is 10.6 Å². The lowest BCUT2D eigenvalue weighted by Crippen LogP contribution is -2.11. The summed E-state index contributed by atoms with van der Waals surface area (Å²) >= 11 is 9.03. The number of halogens is 1. The Labute approximate surface area is 126 Å². The Balaban J connectivity index is 2.11. The fraction of sp³-hybridized carbons (Fsp3) is 0.214. The number of aliphatic hydroxyl groups is 1. The van der Waals surface area contributed by atoms with Gasteiger partial charge < -0.3 is 5.11 Å². The molecule has 0 fully saturated rings. The van der Waals surface area contributed by atoms with Crippen molar-refractivity contribution in [2.75, 3.05) is 6.26 Å². The number of hydrogen-bond acceptors (Lipinski definition) is 4. The summed E-state index contributed by atoms with van der Waals surface area (Å²) in [5.41, 5.74) is 0.868. The average molecular weight is 312 g/mol. The standard InChI is InChI=1S/C14H14ClNOS2/c1-18-14(19-12-4-2-3-9-16-12)13(17)10-5-7-11(15)8-6-10/h2-9,13-14,17H,1H3/t13-,14+/m1/s1. The predicted octanol–water partition coefficient (Wildman–Crippen LogP) is 4.25. The maximum Gasteiger partial charge on any atom is 0.100 e. The highest BCUT2D eigenvalue weighted by Gasteiger charge is 2.21. The molecule has 0 saturated carbocycles. The first-order valence-corrected chi connectivity index (χ1v) is 8.29. The first kappa shape index (κ1) is 14.7. The highest BCUT2D eigenvalue weighted by Crippen LogP contribution is 2.37. The molecule has 0 saturated heterocycles. The fourth-order valence-corrected chi connectivity index (χ4v) is 3.62. The van der Waals surface area contributed by atoms with Crippen LogP contribution in [-0.2, 0) is 0 Å². The van der Waals surface area contributed by atoms with E-state index in [9.17, 15) is 5.11 Å². The monoisotopic (exact) mass is 311 g/mol. The Kier molecular flexibility index (Phi) is 5.58. The fourth-order valence-electron chi connectivity index (χ4n) is 1.59. The van der Waals surface area contributed by atoms with E-state index in [4.69, 9.17) is 11.6 Å². The van der Waals surface area contributed by atoms with Crippen molar-refractivity contribution in [2.24, 2.45) is 0 Å². The van der Waals surface area contributed by atoms with Crippen LogP contribution in [0.3, 0.4) is 0 Å². The molecule has 100 valence electrons. The van der Waals surface area contributed by atoms with Crippen molar-refractivity contribution >= 4 is 35.1 Å². The predicted molar refractivity (Wildman–Crippen MR) is 83.8 cm³/mol. The number of aliphatic hydroxyl groups excluding tert-OH is 1. The van der Waals surface area contributed by atoms with E-state index in [1.54, 1.807) is 41.9 Å². The zero-order valence-electron chi connectivity index (χ0n) is 10.4. The summed E-state index contributed by atoms with van der Waals surface area (Å²) in [5, 5.41) is 12.0. The molecular formula is C14H14ClNOS2. The van der Waals surface area contributed by atoms with Crippen molar-refractivity contribution in [2.45, 2.75) is 15.7 Å². The summed E-state index contributed by atoms with van der Waals surface area (Å²) in [6, 6.07) is 13.1. The zero-order chi connectivity index (χ0) is 13.7. The van der Waals surface area contributed by atoms with Gasteiger partial charge in [-0.1, -0.05) is 41.6 Å². The molecule has 1 N–H and O–H groups in total. The van der Waals surface area contributed by atoms with Gasteiger partial charge in [-0.3, -0.25) is 0 Å². The van der Waals surface area contributed by atoms with Crippen LogP contribution in [0.2, 0.25) is 5.02 Å². The highest BCUT2D eigenvalue weighted by atomic mass is 35.5. The Morgan fingerprint density at radius 1 is 1.16 bits per heavy atom. The van der Waals surface area contributed by atoms with Gasteiger partial charge in [0.1, 0.15) is 6.10 Å². The van der Waals surface area contributed by atoms with Gasteiger partial charge in [-0.2, -0.15) is 0 Å². The van der Waals surface area contributed by atoms with Crippen LogP contribution < -0.4 is 0 Å². The normalized spacial score (nSPS) is 14.1. The second kappa shape index (κ2) is 7.20. The Bertz CT molecular complexity index is 507. The van der Waals surface area contributed by atoms with E-state index in [1.807, 2.05) is 36.6 Å². The lowest BCUT2D eigenvalue weighted by atomic mass is 10.1. The number of hydrogen-bond donors (Lipinski definition) is 1. The molecule has 0 aliphatic heterocycles. The molecule has 1 heterocycles. The minimum atomic E-state index is -0.556. The molecule has 5 heteroatoms. The van der Waals surface area contributed by atoms with Crippen LogP contribution in [0.5, 0.6) is 0 Å². The van der Waals surface area contributed by atoms with Crippen molar-refractivity contribution in [3.05, 3.63) is 59.2 Å². The third-order valence-electron chi connectivity index (χ3n) is 2.58. The van der Waals surface area contributed by atoms with E-state index < -0.39 is 6.10 Å². The third-order valence-corrected chi connectivity index (χ3v) is 5.39. The lowest BCUT2D eigenvalue weighted by molar-refractivity contribution is 0.196. The average Bonchev–Trinajstić information content (AvgIpc) is 2.46. The van der Waals surface area contributed by atoms with E-state index in [1.165, 1.54) is 0 Å². The second-order valence-electron chi connectivity index (χ2n) is 3.89. The van der Waals surface area contributed by atoms with Crippen LogP contribution in [0.15, 0.2) is 53.7 Å². The van der Waals surface area contributed by atoms with Crippen LogP contribution in [0, 0.1) is 0 Å². The van der Waals surface area contributed by atoms with E-state index in [-0.39, 0.29) is 4.58 Å². The van der Waals surface area contributed by atoms with Crippen molar-refractivity contribution in [1.82, 2.24) is 4.98 Å². The molecule has 0 aliphatic rings. The molecule has 0 aliphatic carbocycles. The molecule has 2 atom stereocenters. The summed E-state index contributed by atoms with van der Waals surface area (Å²) < 4.78 is -0.00363. The van der Waals surface area contributed by atoms with Crippen LogP contribution in [-0.4, -0.2) is 20.9 Å². The summed E-state index contributed by atoms with van der Waals surface area (Å²) in [6.07, 6.45) is 3.19. The van der Waals surface area contributed by atoms with Gasteiger partial charge in [-0.05, 0) is 36.1 Å². The van der Waals surface area contributed by atoms with Crippen molar-refractivity contribution in [3.63, 3.8) is 0 Å². The maximum atomic E-state index is 10.4. The van der Waals surface area contributed by atoms with Gasteiger partial charge in [0.05, 0.1) is 9.61 Å². The molecule has 0 bridgehead atoms. The van der Waals surface area contributed by atoms with Crippen molar-refractivity contribution in [1.29, 1.82) is 0 Å². The van der Waals surface area contributed by atoms with E-state index in [0.29, 0.717) is 5.02 Å². The van der Waals surface area contributed by atoms with Crippen LogP contribution in [0.4, 0.5) is 0 Å². The minimum absolute atomic E-state index is 0.00363. The number of thioether (sulfide) groups is 2. The minimum Gasteiger partial charge on any atom is -0.386 e. The summed E-state index contributed by atoms with van der Waals surface area (Å²) in [6.45, 7) is 0. The summed E-state index contributed by atoms with van der Waals surface area (Å²) in [7, 11) is 0. The highest BCUT2D eigenvalue weighted by molar-refractivity contribution is 8.16. The maximum absolute atomic E-state index is 10.4. The molecule has 2 nitrogen and oxygen atoms in total. The van der Waals surface area contributed by atoms with Gasteiger partial charge in [0, 0.05) is 11.2 Å². The van der Waals surface area contributed by atoms with Crippen LogP contribution in [0.1, 0.15) is 11.7 Å². The van der Waals surface area contributed by atoms with Gasteiger partial charge in [0.15, 0.2) is 0 Å². The molecule has 1 aromatic carbocycles. The number of benzene rings is 1. The quantitative estimate of drug-likeness (QED) is 0.661. The van der Waals surface area contributed by atoms with Crippen LogP contribution in [0.25, 0.3) is 0 Å². The molecule has 2 rings (SSSR count). The van der Waals surface area contributed by atoms with E-state index >= 15 is 0 Å². The number of rotatable bonds is 5. The smallest absolute Gasteiger partial charge is 0.100 e. The van der Waals surface area contributed by atoms with Gasteiger partial charge >= 0.3 is 0 Å². The molecule has 0 amide bonds. The van der Waals surface area contributed by atoms with E-state index in [2.05, 4.69) is 4.98 Å². The number of aromatic nitrogens is 1. The molecule has 19 heavy (non-hydrogen) atoms. The topological polar surface area (TPSA) is 33.1 Å². The SMILES string of the molecule is CS[C@@H](Sc1ccccn1)[C@H](O)c1ccc(Cl)cc1. The zero-order valence-corrected chi connectivity index (χ0v) is 12.8. The van der Waals surface area contributed by atoms with Crippen molar-refractivity contribution < 1.29 is 5.11 Å². The van der Waals surface area contributed by atoms with Gasteiger partial charge in [-0.25, -0.2) is 4.98 Å². The molecule has 0 radical (unpaired) electrons. The Morgan fingerprint density at radius 2 is 1.89 bits per heavy atom. The molecule has 0 unspecified atom stereocenters. The summed E-state index contributed by atoms with van der Waals surface area (Å²) in [5.74, 6) is 0. The number of nitrogens with zero attached hydrogens (tertiary/aromatic N) is 1. The second-order valence-corrected chi connectivity index (χ2v) is 6.76. The van der Waals surface area contributed by atoms with Gasteiger partial charge in [0.2, 0.25) is 0 Å². The summed E-state index contributed by atoms with van der Waals surface area (Å²) in [4.78, 5) is 4.27. The Morgan fingerprint density at radius 3 is 2.47 bits per heavy atom. The van der Waals surface area contributed by atoms with Crippen LogP contribution >= 0.6 is 35.1 Å². The molecule has 2 aromatic rings. The molecule has 0 spiro atoms.